The van der Waals surface area contributed by atoms with Gasteiger partial charge in [0.1, 0.15) is 4.60 Å². The molecule has 0 unspecified atom stereocenters. The summed E-state index contributed by atoms with van der Waals surface area (Å²) in [5.41, 5.74) is 7.38. The smallest absolute Gasteiger partial charge is 0.180 e. The Kier molecular flexibility index (Phi) is 2.28. The molecule has 0 aliphatic rings. The van der Waals surface area contributed by atoms with Crippen molar-refractivity contribution in [2.75, 3.05) is 5.73 Å². The minimum absolute atomic E-state index is 0.581. The van der Waals surface area contributed by atoms with Crippen molar-refractivity contribution in [2.45, 2.75) is 0 Å². The highest BCUT2D eigenvalue weighted by molar-refractivity contribution is 9.10. The van der Waals surface area contributed by atoms with Gasteiger partial charge < -0.3 is 5.73 Å². The van der Waals surface area contributed by atoms with E-state index >= 15 is 0 Å². The molecule has 0 fully saturated rings. The summed E-state index contributed by atoms with van der Waals surface area (Å²) in [6, 6.07) is 3.83. The quantitative estimate of drug-likeness (QED) is 0.797. The molecule has 66 valence electrons. The second-order valence-corrected chi connectivity index (χ2v) is 4.14. The molecular formula is C8H6BrN3S. The number of pyridine rings is 1. The third-order valence-electron chi connectivity index (χ3n) is 1.55. The Bertz CT molecular complexity index is 410. The van der Waals surface area contributed by atoms with E-state index in [9.17, 15) is 0 Å². The summed E-state index contributed by atoms with van der Waals surface area (Å²) in [5, 5.41) is 2.50. The van der Waals surface area contributed by atoms with Crippen molar-refractivity contribution in [3.8, 4) is 11.3 Å². The van der Waals surface area contributed by atoms with Crippen molar-refractivity contribution in [1.82, 2.24) is 9.97 Å². The molecule has 2 aromatic heterocycles. The van der Waals surface area contributed by atoms with Crippen molar-refractivity contribution in [3.05, 3.63) is 28.3 Å². The highest BCUT2D eigenvalue weighted by Crippen LogP contribution is 2.22. The summed E-state index contributed by atoms with van der Waals surface area (Å²) in [5.74, 6) is 0. The molecule has 0 amide bonds. The van der Waals surface area contributed by atoms with Gasteiger partial charge in [0, 0.05) is 17.1 Å². The first-order valence-electron chi connectivity index (χ1n) is 3.58. The number of anilines is 1. The number of nitrogen functional groups attached to an aromatic ring is 1. The number of rotatable bonds is 1. The lowest BCUT2D eigenvalue weighted by Gasteiger charge is -1.94. The predicted octanol–water partition coefficient (Wildman–Crippen LogP) is 2.55. The van der Waals surface area contributed by atoms with Gasteiger partial charge in [-0.05, 0) is 28.1 Å². The van der Waals surface area contributed by atoms with Gasteiger partial charge in [0.05, 0.1) is 5.69 Å². The fraction of sp³-hybridized carbons (Fsp3) is 0. The van der Waals surface area contributed by atoms with Gasteiger partial charge >= 0.3 is 0 Å². The molecule has 0 saturated carbocycles. The van der Waals surface area contributed by atoms with E-state index in [0.29, 0.717) is 5.13 Å². The Morgan fingerprint density at radius 2 is 2.23 bits per heavy atom. The third-order valence-corrected chi connectivity index (χ3v) is 2.69. The first-order chi connectivity index (χ1) is 6.25. The summed E-state index contributed by atoms with van der Waals surface area (Å²) in [4.78, 5) is 8.26. The Balaban J connectivity index is 2.41. The molecule has 2 rings (SSSR count). The van der Waals surface area contributed by atoms with Crippen molar-refractivity contribution in [3.63, 3.8) is 0 Å². The molecule has 2 N–H and O–H groups in total. The first kappa shape index (κ1) is 8.65. The highest BCUT2D eigenvalue weighted by Gasteiger charge is 2.01. The predicted molar refractivity (Wildman–Crippen MR) is 57.5 cm³/mol. The van der Waals surface area contributed by atoms with Crippen LogP contribution in [0.2, 0.25) is 0 Å². The molecule has 3 nitrogen and oxygen atoms in total. The average Bonchev–Trinajstić information content (AvgIpc) is 2.53. The molecule has 0 saturated heterocycles. The molecule has 2 heterocycles. The summed E-state index contributed by atoms with van der Waals surface area (Å²) in [6.07, 6.45) is 1.76. The Morgan fingerprint density at radius 3 is 2.77 bits per heavy atom. The van der Waals surface area contributed by atoms with Crippen LogP contribution in [-0.4, -0.2) is 9.97 Å². The summed E-state index contributed by atoms with van der Waals surface area (Å²) < 4.78 is 0.819. The fourth-order valence-electron chi connectivity index (χ4n) is 0.948. The molecule has 13 heavy (non-hydrogen) atoms. The molecule has 0 aliphatic carbocycles. The monoisotopic (exact) mass is 255 g/mol. The van der Waals surface area contributed by atoms with E-state index in [2.05, 4.69) is 25.9 Å². The second kappa shape index (κ2) is 3.43. The Morgan fingerprint density at radius 1 is 1.38 bits per heavy atom. The molecule has 0 aromatic carbocycles. The highest BCUT2D eigenvalue weighted by atomic mass is 79.9. The summed E-state index contributed by atoms with van der Waals surface area (Å²) in [6.45, 7) is 0. The zero-order valence-corrected chi connectivity index (χ0v) is 8.97. The normalized spacial score (nSPS) is 10.2. The summed E-state index contributed by atoms with van der Waals surface area (Å²) in [7, 11) is 0. The zero-order valence-electron chi connectivity index (χ0n) is 6.57. The van der Waals surface area contributed by atoms with E-state index in [0.717, 1.165) is 15.9 Å². The van der Waals surface area contributed by atoms with Crippen LogP contribution in [0.15, 0.2) is 28.3 Å². The van der Waals surface area contributed by atoms with Gasteiger partial charge in [0.2, 0.25) is 0 Å². The van der Waals surface area contributed by atoms with Gasteiger partial charge in [-0.15, -0.1) is 11.3 Å². The number of nitrogens with zero attached hydrogens (tertiary/aromatic N) is 2. The van der Waals surface area contributed by atoms with Crippen LogP contribution >= 0.6 is 27.3 Å². The lowest BCUT2D eigenvalue weighted by Crippen LogP contribution is -1.83. The number of thiazole rings is 1. The van der Waals surface area contributed by atoms with Crippen LogP contribution in [-0.2, 0) is 0 Å². The number of hydrogen-bond acceptors (Lipinski definition) is 4. The van der Waals surface area contributed by atoms with Crippen LogP contribution in [0.4, 0.5) is 5.13 Å². The van der Waals surface area contributed by atoms with Crippen molar-refractivity contribution in [2.24, 2.45) is 0 Å². The number of hydrogen-bond donors (Lipinski definition) is 1. The molecule has 0 radical (unpaired) electrons. The van der Waals surface area contributed by atoms with E-state index in [1.165, 1.54) is 11.3 Å². The lowest BCUT2D eigenvalue weighted by atomic mass is 10.2. The minimum Gasteiger partial charge on any atom is -0.375 e. The number of nitrogens with two attached hydrogens (primary N) is 1. The Labute approximate surface area is 87.8 Å². The maximum Gasteiger partial charge on any atom is 0.180 e. The molecule has 0 spiro atoms. The van der Waals surface area contributed by atoms with Crippen LogP contribution in [0.25, 0.3) is 11.3 Å². The molecule has 0 aliphatic heterocycles. The van der Waals surface area contributed by atoms with Gasteiger partial charge in [-0.3, -0.25) is 0 Å². The molecule has 0 atom stereocenters. The van der Waals surface area contributed by atoms with E-state index in [1.807, 2.05) is 17.5 Å². The van der Waals surface area contributed by atoms with Crippen LogP contribution in [0, 0.1) is 0 Å². The average molecular weight is 256 g/mol. The number of halogens is 1. The fourth-order valence-corrected chi connectivity index (χ4v) is 1.75. The van der Waals surface area contributed by atoms with Crippen molar-refractivity contribution < 1.29 is 0 Å². The number of aromatic nitrogens is 2. The van der Waals surface area contributed by atoms with Crippen LogP contribution in [0.1, 0.15) is 0 Å². The van der Waals surface area contributed by atoms with Crippen LogP contribution in [0.5, 0.6) is 0 Å². The van der Waals surface area contributed by atoms with Crippen LogP contribution in [0.3, 0.4) is 0 Å². The second-order valence-electron chi connectivity index (χ2n) is 2.44. The van der Waals surface area contributed by atoms with Gasteiger partial charge in [-0.2, -0.15) is 0 Å². The van der Waals surface area contributed by atoms with Gasteiger partial charge in [0.25, 0.3) is 0 Å². The molecule has 2 aromatic rings. The largest absolute Gasteiger partial charge is 0.375 e. The van der Waals surface area contributed by atoms with E-state index < -0.39 is 0 Å². The van der Waals surface area contributed by atoms with E-state index in [4.69, 9.17) is 5.73 Å². The summed E-state index contributed by atoms with van der Waals surface area (Å²) >= 11 is 4.70. The van der Waals surface area contributed by atoms with Gasteiger partial charge in [-0.1, -0.05) is 0 Å². The third kappa shape index (κ3) is 1.87. The molecular weight excluding hydrogens is 250 g/mol. The Hall–Kier alpha value is -0.940. The minimum atomic E-state index is 0.581. The standard InChI is InChI=1S/C8H6BrN3S/c9-7-2-1-5(3-11-7)6-4-13-8(10)12-6/h1-4H,(H2,10,12). The molecule has 0 bridgehead atoms. The van der Waals surface area contributed by atoms with Crippen molar-refractivity contribution in [1.29, 1.82) is 0 Å². The van der Waals surface area contributed by atoms with Crippen molar-refractivity contribution >= 4 is 32.4 Å². The van der Waals surface area contributed by atoms with E-state index in [1.54, 1.807) is 6.20 Å². The van der Waals surface area contributed by atoms with E-state index in [-0.39, 0.29) is 0 Å². The van der Waals surface area contributed by atoms with Gasteiger partial charge in [-0.25, -0.2) is 9.97 Å². The zero-order chi connectivity index (χ0) is 9.26. The van der Waals surface area contributed by atoms with Crippen LogP contribution < -0.4 is 5.73 Å². The lowest BCUT2D eigenvalue weighted by molar-refractivity contribution is 1.27. The SMILES string of the molecule is Nc1nc(-c2ccc(Br)nc2)cs1. The maximum atomic E-state index is 5.52. The topological polar surface area (TPSA) is 51.8 Å². The van der Waals surface area contributed by atoms with Gasteiger partial charge in [0.15, 0.2) is 5.13 Å². The molecule has 5 heteroatoms. The first-order valence-corrected chi connectivity index (χ1v) is 5.26. The maximum absolute atomic E-state index is 5.52.